The molecule has 0 saturated heterocycles. The first-order chi connectivity index (χ1) is 10.1. The lowest BCUT2D eigenvalue weighted by molar-refractivity contribution is -0.107. The van der Waals surface area contributed by atoms with Crippen molar-refractivity contribution in [1.82, 2.24) is 4.90 Å². The van der Waals surface area contributed by atoms with Crippen LogP contribution in [0.25, 0.3) is 0 Å². The highest BCUT2D eigenvalue weighted by Crippen LogP contribution is 2.27. The molecule has 4 heteroatoms. The molecule has 0 saturated carbocycles. The van der Waals surface area contributed by atoms with Gasteiger partial charge in [0.05, 0.1) is 13.2 Å². The molecule has 1 rings (SSSR count). The first kappa shape index (κ1) is 20.9. The molecule has 1 atom stereocenters. The maximum atomic E-state index is 10.2. The normalized spacial score (nSPS) is 12.1. The minimum absolute atomic E-state index is 0. The van der Waals surface area contributed by atoms with Crippen LogP contribution in [-0.4, -0.2) is 42.9 Å². The molecule has 4 nitrogen and oxygen atoms in total. The van der Waals surface area contributed by atoms with Crippen molar-refractivity contribution in [2.45, 2.75) is 47.8 Å². The first-order valence-corrected chi connectivity index (χ1v) is 7.87. The van der Waals surface area contributed by atoms with E-state index in [4.69, 9.17) is 9.47 Å². The Labute approximate surface area is 136 Å². The monoisotopic (exact) mass is 311 g/mol. The van der Waals surface area contributed by atoms with E-state index < -0.39 is 6.29 Å². The molecule has 0 heterocycles. The van der Waals surface area contributed by atoms with Crippen LogP contribution in [0.2, 0.25) is 0 Å². The van der Waals surface area contributed by atoms with Crippen LogP contribution < -0.4 is 4.74 Å². The van der Waals surface area contributed by atoms with Crippen LogP contribution in [0.4, 0.5) is 0 Å². The molecule has 0 spiro atoms. The Morgan fingerprint density at radius 1 is 1.14 bits per heavy atom. The molecule has 1 N–H and O–H groups in total. The molecule has 1 aromatic carbocycles. The lowest BCUT2D eigenvalue weighted by Crippen LogP contribution is -2.27. The summed E-state index contributed by atoms with van der Waals surface area (Å²) in [6.07, 6.45) is -0.000220. The zero-order chi connectivity index (χ0) is 15.7. The van der Waals surface area contributed by atoms with E-state index in [1.807, 2.05) is 25.1 Å². The molecule has 128 valence electrons. The van der Waals surface area contributed by atoms with Gasteiger partial charge in [-0.1, -0.05) is 34.3 Å². The summed E-state index contributed by atoms with van der Waals surface area (Å²) in [5.74, 6) is 0.715. The quantitative estimate of drug-likeness (QED) is 0.668. The molecule has 0 radical (unpaired) electrons. The summed E-state index contributed by atoms with van der Waals surface area (Å²) in [5.41, 5.74) is 1.81. The SMILES string of the molecule is C.CCCOc1cc(C)ccc1C(O)OCCN(CC)CC. The van der Waals surface area contributed by atoms with Crippen molar-refractivity contribution in [1.29, 1.82) is 0 Å². The van der Waals surface area contributed by atoms with E-state index in [1.54, 1.807) is 0 Å². The number of hydrogen-bond donors (Lipinski definition) is 1. The number of hydrogen-bond acceptors (Lipinski definition) is 4. The maximum Gasteiger partial charge on any atom is 0.184 e. The van der Waals surface area contributed by atoms with Gasteiger partial charge in [-0.2, -0.15) is 0 Å². The van der Waals surface area contributed by atoms with Gasteiger partial charge in [0.1, 0.15) is 5.75 Å². The van der Waals surface area contributed by atoms with Gasteiger partial charge < -0.3 is 19.5 Å². The van der Waals surface area contributed by atoms with Crippen molar-refractivity contribution in [3.8, 4) is 5.75 Å². The largest absolute Gasteiger partial charge is 0.493 e. The second-order valence-corrected chi connectivity index (χ2v) is 5.14. The van der Waals surface area contributed by atoms with Crippen molar-refractivity contribution in [3.63, 3.8) is 0 Å². The Kier molecular flexibility index (Phi) is 10.9. The van der Waals surface area contributed by atoms with Crippen LogP contribution in [0, 0.1) is 6.92 Å². The van der Waals surface area contributed by atoms with Gasteiger partial charge in [0.25, 0.3) is 0 Å². The Morgan fingerprint density at radius 2 is 1.82 bits per heavy atom. The summed E-state index contributed by atoms with van der Waals surface area (Å²) in [6.45, 7) is 12.3. The number of aryl methyl sites for hydroxylation is 1. The van der Waals surface area contributed by atoms with Gasteiger partial charge in [0.15, 0.2) is 6.29 Å². The molecule has 0 amide bonds. The van der Waals surface area contributed by atoms with Crippen molar-refractivity contribution in [2.75, 3.05) is 32.8 Å². The predicted molar refractivity (Wildman–Crippen MR) is 92.4 cm³/mol. The van der Waals surface area contributed by atoms with Crippen molar-refractivity contribution >= 4 is 0 Å². The third-order valence-electron chi connectivity index (χ3n) is 3.47. The zero-order valence-electron chi connectivity index (χ0n) is 13.8. The average Bonchev–Trinajstić information content (AvgIpc) is 2.49. The number of ether oxygens (including phenoxy) is 2. The Balaban J connectivity index is 0.00000441. The Morgan fingerprint density at radius 3 is 2.41 bits per heavy atom. The number of aliphatic hydroxyl groups excluding tert-OH is 1. The van der Waals surface area contributed by atoms with Crippen LogP contribution >= 0.6 is 0 Å². The maximum absolute atomic E-state index is 10.2. The van der Waals surface area contributed by atoms with E-state index in [-0.39, 0.29) is 7.43 Å². The van der Waals surface area contributed by atoms with Crippen molar-refractivity contribution < 1.29 is 14.6 Å². The molecule has 1 aromatic rings. The smallest absolute Gasteiger partial charge is 0.184 e. The van der Waals surface area contributed by atoms with Crippen LogP contribution in [-0.2, 0) is 4.74 Å². The van der Waals surface area contributed by atoms with Gasteiger partial charge in [-0.25, -0.2) is 0 Å². The molecular formula is C18H33NO3. The number of aliphatic hydroxyl groups is 1. The number of benzene rings is 1. The van der Waals surface area contributed by atoms with Crippen molar-refractivity contribution in [3.05, 3.63) is 29.3 Å². The summed E-state index contributed by atoms with van der Waals surface area (Å²) in [6, 6.07) is 5.79. The van der Waals surface area contributed by atoms with E-state index >= 15 is 0 Å². The second kappa shape index (κ2) is 11.5. The molecule has 1 unspecified atom stereocenters. The number of rotatable bonds is 10. The van der Waals surface area contributed by atoms with Gasteiger partial charge >= 0.3 is 0 Å². The highest BCUT2D eigenvalue weighted by molar-refractivity contribution is 5.37. The molecule has 0 aromatic heterocycles. The highest BCUT2D eigenvalue weighted by Gasteiger charge is 2.14. The van der Waals surface area contributed by atoms with E-state index in [1.165, 1.54) is 0 Å². The fourth-order valence-corrected chi connectivity index (χ4v) is 2.11. The molecule has 0 aliphatic carbocycles. The third kappa shape index (κ3) is 6.77. The summed E-state index contributed by atoms with van der Waals surface area (Å²) in [5, 5.41) is 10.2. The zero-order valence-corrected chi connectivity index (χ0v) is 13.8. The highest BCUT2D eigenvalue weighted by atomic mass is 16.6. The molecule has 0 aliphatic heterocycles. The summed E-state index contributed by atoms with van der Waals surface area (Å²) < 4.78 is 11.3. The number of nitrogens with zero attached hydrogens (tertiary/aromatic N) is 1. The summed E-state index contributed by atoms with van der Waals surface area (Å²) >= 11 is 0. The molecule has 22 heavy (non-hydrogen) atoms. The fourth-order valence-electron chi connectivity index (χ4n) is 2.11. The summed E-state index contributed by atoms with van der Waals surface area (Å²) in [7, 11) is 0. The third-order valence-corrected chi connectivity index (χ3v) is 3.47. The van der Waals surface area contributed by atoms with Crippen molar-refractivity contribution in [2.24, 2.45) is 0 Å². The molecule has 0 fully saturated rings. The van der Waals surface area contributed by atoms with E-state index in [0.717, 1.165) is 31.6 Å². The Bertz CT molecular complexity index is 405. The van der Waals surface area contributed by atoms with E-state index in [2.05, 4.69) is 25.7 Å². The van der Waals surface area contributed by atoms with E-state index in [9.17, 15) is 5.11 Å². The van der Waals surface area contributed by atoms with Gasteiger partial charge in [0, 0.05) is 12.1 Å². The Hall–Kier alpha value is -1.10. The van der Waals surface area contributed by atoms with Gasteiger partial charge in [-0.05, 0) is 44.1 Å². The summed E-state index contributed by atoms with van der Waals surface area (Å²) in [4.78, 5) is 2.26. The lowest BCUT2D eigenvalue weighted by Gasteiger charge is -2.21. The van der Waals surface area contributed by atoms with Gasteiger partial charge in [-0.15, -0.1) is 0 Å². The minimum Gasteiger partial charge on any atom is -0.493 e. The first-order valence-electron chi connectivity index (χ1n) is 7.87. The minimum atomic E-state index is -0.937. The van der Waals surface area contributed by atoms with Gasteiger partial charge in [-0.3, -0.25) is 0 Å². The standard InChI is InChI=1S/C17H29NO3.CH4/c1-5-11-20-16-13-14(4)8-9-15(16)17(19)21-12-10-18(6-2)7-3;/h8-9,13,17,19H,5-7,10-12H2,1-4H3;1H4. The fraction of sp³-hybridized carbons (Fsp3) is 0.667. The van der Waals surface area contributed by atoms with Crippen LogP contribution in [0.1, 0.15) is 52.0 Å². The molecule has 0 bridgehead atoms. The molecule has 0 aliphatic rings. The van der Waals surface area contributed by atoms with E-state index in [0.29, 0.717) is 24.5 Å². The van der Waals surface area contributed by atoms with Crippen LogP contribution in [0.15, 0.2) is 18.2 Å². The van der Waals surface area contributed by atoms with Gasteiger partial charge in [0.2, 0.25) is 0 Å². The van der Waals surface area contributed by atoms with Crippen LogP contribution in [0.3, 0.4) is 0 Å². The topological polar surface area (TPSA) is 41.9 Å². The lowest BCUT2D eigenvalue weighted by atomic mass is 10.1. The van der Waals surface area contributed by atoms with Crippen LogP contribution in [0.5, 0.6) is 5.75 Å². The predicted octanol–water partition coefficient (Wildman–Crippen LogP) is 3.77. The average molecular weight is 311 g/mol. The molecular weight excluding hydrogens is 278 g/mol. The number of likely N-dealkylation sites (N-methyl/N-ethyl adjacent to an activating group) is 1. The second-order valence-electron chi connectivity index (χ2n) is 5.14.